The van der Waals surface area contributed by atoms with E-state index in [1.165, 1.54) is 0 Å². The highest BCUT2D eigenvalue weighted by molar-refractivity contribution is 7.81. The van der Waals surface area contributed by atoms with Gasteiger partial charge in [0.05, 0.1) is 5.92 Å². The van der Waals surface area contributed by atoms with Gasteiger partial charge in [0, 0.05) is 18.8 Å². The molecule has 1 saturated heterocycles. The Labute approximate surface area is 83.4 Å². The number of carbonyl (C=O) groups is 1. The predicted octanol–water partition coefficient (Wildman–Crippen LogP) is 0.0908. The van der Waals surface area contributed by atoms with Gasteiger partial charge in [0.15, 0.2) is 0 Å². The minimum Gasteiger partial charge on any atom is -0.369 e. The van der Waals surface area contributed by atoms with Crippen LogP contribution in [0.4, 0.5) is 0 Å². The van der Waals surface area contributed by atoms with Crippen molar-refractivity contribution in [2.45, 2.75) is 12.8 Å². The predicted molar refractivity (Wildman–Crippen MR) is 55.1 cm³/mol. The lowest BCUT2D eigenvalue weighted by Gasteiger charge is -2.32. The Hall–Kier alpha value is -0.710. The third kappa shape index (κ3) is 2.62. The van der Waals surface area contributed by atoms with Crippen molar-refractivity contribution in [3.63, 3.8) is 0 Å². The number of rotatable bonds is 2. The Morgan fingerprint density at radius 2 is 2.38 bits per heavy atom. The molecule has 0 aromatic rings. The van der Waals surface area contributed by atoms with Crippen molar-refractivity contribution in [1.29, 1.82) is 5.41 Å². The van der Waals surface area contributed by atoms with E-state index in [2.05, 4.69) is 12.6 Å². The topological polar surface area (TPSA) is 70.2 Å². The maximum Gasteiger partial charge on any atom is 0.222 e. The fourth-order valence-electron chi connectivity index (χ4n) is 1.55. The number of nitrogens with two attached hydrogens (primary N) is 1. The third-order valence-corrected chi connectivity index (χ3v) is 2.65. The molecule has 1 amide bonds. The van der Waals surface area contributed by atoms with Crippen molar-refractivity contribution in [3.8, 4) is 0 Å². The quantitative estimate of drug-likeness (QED) is 0.337. The lowest BCUT2D eigenvalue weighted by molar-refractivity contribution is -0.122. The van der Waals surface area contributed by atoms with Crippen molar-refractivity contribution in [2.75, 3.05) is 18.8 Å². The first-order chi connectivity index (χ1) is 6.15. The van der Waals surface area contributed by atoms with E-state index in [0.717, 1.165) is 19.4 Å². The van der Waals surface area contributed by atoms with Crippen LogP contribution in [0, 0.1) is 11.3 Å². The summed E-state index contributed by atoms with van der Waals surface area (Å²) >= 11 is 4.02. The Morgan fingerprint density at radius 3 is 2.92 bits per heavy atom. The van der Waals surface area contributed by atoms with E-state index in [1.807, 2.05) is 4.90 Å². The summed E-state index contributed by atoms with van der Waals surface area (Å²) in [6, 6.07) is 0. The Balaban J connectivity index is 2.51. The minimum absolute atomic E-state index is 0.0889. The summed E-state index contributed by atoms with van der Waals surface area (Å²) in [6.45, 7) is 1.44. The molecule has 13 heavy (non-hydrogen) atoms. The first-order valence-corrected chi connectivity index (χ1v) is 5.01. The maximum atomic E-state index is 10.9. The number of amidine groups is 1. The molecule has 1 aliphatic rings. The van der Waals surface area contributed by atoms with E-state index in [-0.39, 0.29) is 11.8 Å². The fourth-order valence-corrected chi connectivity index (χ4v) is 1.75. The van der Waals surface area contributed by atoms with Gasteiger partial charge in [0.25, 0.3) is 0 Å². The Morgan fingerprint density at radius 1 is 1.69 bits per heavy atom. The number of likely N-dealkylation sites (tertiary alicyclic amines) is 1. The zero-order valence-corrected chi connectivity index (χ0v) is 8.39. The number of primary amides is 1. The van der Waals surface area contributed by atoms with Crippen LogP contribution in [0.1, 0.15) is 12.8 Å². The first kappa shape index (κ1) is 10.4. The van der Waals surface area contributed by atoms with Crippen molar-refractivity contribution >= 4 is 24.4 Å². The number of carbonyl (C=O) groups excluding carboxylic acids is 1. The van der Waals surface area contributed by atoms with Gasteiger partial charge in [-0.05, 0) is 12.8 Å². The van der Waals surface area contributed by atoms with Crippen LogP contribution in [0.25, 0.3) is 0 Å². The number of piperidine rings is 1. The van der Waals surface area contributed by atoms with Crippen LogP contribution in [0.3, 0.4) is 0 Å². The number of hydrogen-bond acceptors (Lipinski definition) is 3. The zero-order valence-electron chi connectivity index (χ0n) is 7.49. The molecular weight excluding hydrogens is 186 g/mol. The fraction of sp³-hybridized carbons (Fsp3) is 0.750. The molecular formula is C8H15N3OS. The molecule has 4 nitrogen and oxygen atoms in total. The molecule has 0 unspecified atom stereocenters. The third-order valence-electron chi connectivity index (χ3n) is 2.36. The monoisotopic (exact) mass is 201 g/mol. The average Bonchev–Trinajstić information content (AvgIpc) is 2.17. The van der Waals surface area contributed by atoms with Gasteiger partial charge in [0.2, 0.25) is 5.91 Å². The van der Waals surface area contributed by atoms with Gasteiger partial charge in [-0.25, -0.2) is 0 Å². The molecule has 74 valence electrons. The number of nitrogens with one attached hydrogen (secondary N) is 1. The van der Waals surface area contributed by atoms with Gasteiger partial charge >= 0.3 is 0 Å². The highest BCUT2D eigenvalue weighted by Crippen LogP contribution is 2.16. The van der Waals surface area contributed by atoms with Crippen molar-refractivity contribution in [1.82, 2.24) is 4.90 Å². The molecule has 1 heterocycles. The van der Waals surface area contributed by atoms with Crippen LogP contribution >= 0.6 is 12.6 Å². The number of amides is 1. The maximum absolute atomic E-state index is 10.9. The second-order valence-corrected chi connectivity index (χ2v) is 3.61. The molecule has 1 atom stereocenters. The summed E-state index contributed by atoms with van der Waals surface area (Å²) in [6.07, 6.45) is 1.79. The normalized spacial score (nSPS) is 22.8. The average molecular weight is 201 g/mol. The number of thiol groups is 1. The van der Waals surface area contributed by atoms with E-state index in [4.69, 9.17) is 11.1 Å². The second kappa shape index (κ2) is 4.50. The molecule has 0 bridgehead atoms. The molecule has 0 radical (unpaired) electrons. The Kier molecular flexibility index (Phi) is 3.59. The largest absolute Gasteiger partial charge is 0.369 e. The molecule has 1 fully saturated rings. The molecule has 0 spiro atoms. The van der Waals surface area contributed by atoms with Crippen LogP contribution in [0.5, 0.6) is 0 Å². The van der Waals surface area contributed by atoms with Crippen LogP contribution in [0.15, 0.2) is 0 Å². The molecule has 0 saturated carbocycles. The van der Waals surface area contributed by atoms with Crippen LogP contribution in [-0.4, -0.2) is 35.5 Å². The van der Waals surface area contributed by atoms with Gasteiger partial charge < -0.3 is 10.6 Å². The van der Waals surface area contributed by atoms with Gasteiger partial charge in [-0.15, -0.1) is 0 Å². The molecule has 0 aromatic heterocycles. The van der Waals surface area contributed by atoms with E-state index in [1.54, 1.807) is 0 Å². The van der Waals surface area contributed by atoms with E-state index in [9.17, 15) is 4.79 Å². The van der Waals surface area contributed by atoms with Gasteiger partial charge in [-0.1, -0.05) is 0 Å². The SMILES string of the molecule is N=C(CS)N1CCC[C@H](C(N)=O)C1. The summed E-state index contributed by atoms with van der Waals surface area (Å²) in [5.74, 6) is 0.561. The van der Waals surface area contributed by atoms with Crippen molar-refractivity contribution < 1.29 is 4.79 Å². The van der Waals surface area contributed by atoms with Crippen molar-refractivity contribution in [3.05, 3.63) is 0 Å². The molecule has 3 N–H and O–H groups in total. The zero-order chi connectivity index (χ0) is 9.84. The molecule has 0 aliphatic carbocycles. The minimum atomic E-state index is -0.253. The summed E-state index contributed by atoms with van der Waals surface area (Å²) < 4.78 is 0. The number of hydrogen-bond donors (Lipinski definition) is 3. The molecule has 1 rings (SSSR count). The van der Waals surface area contributed by atoms with Crippen LogP contribution in [-0.2, 0) is 4.79 Å². The van der Waals surface area contributed by atoms with E-state index < -0.39 is 0 Å². The highest BCUT2D eigenvalue weighted by atomic mass is 32.1. The summed E-state index contributed by atoms with van der Waals surface area (Å²) in [7, 11) is 0. The highest BCUT2D eigenvalue weighted by Gasteiger charge is 2.24. The summed E-state index contributed by atoms with van der Waals surface area (Å²) in [5.41, 5.74) is 5.22. The van der Waals surface area contributed by atoms with E-state index >= 15 is 0 Å². The summed E-state index contributed by atoms with van der Waals surface area (Å²) in [5, 5.41) is 7.56. The smallest absolute Gasteiger partial charge is 0.222 e. The molecule has 5 heteroatoms. The van der Waals surface area contributed by atoms with Gasteiger partial charge in [-0.2, -0.15) is 12.6 Å². The van der Waals surface area contributed by atoms with Crippen LogP contribution in [0.2, 0.25) is 0 Å². The van der Waals surface area contributed by atoms with E-state index in [0.29, 0.717) is 18.1 Å². The molecule has 1 aliphatic heterocycles. The molecule has 0 aromatic carbocycles. The van der Waals surface area contributed by atoms with Crippen LogP contribution < -0.4 is 5.73 Å². The first-order valence-electron chi connectivity index (χ1n) is 4.37. The standard InChI is InChI=1S/C8H15N3OS/c9-7(5-13)11-3-1-2-6(4-11)8(10)12/h6,9,13H,1-5H2,(H2,10,12)/t6-/m0/s1. The summed E-state index contributed by atoms with van der Waals surface area (Å²) in [4.78, 5) is 12.8. The second-order valence-electron chi connectivity index (χ2n) is 3.29. The number of nitrogens with zero attached hydrogens (tertiary/aromatic N) is 1. The lowest BCUT2D eigenvalue weighted by atomic mass is 9.97. The Bertz CT molecular complexity index is 219. The lowest BCUT2D eigenvalue weighted by Crippen LogP contribution is -2.44. The van der Waals surface area contributed by atoms with Gasteiger partial charge in [-0.3, -0.25) is 10.2 Å². The van der Waals surface area contributed by atoms with Gasteiger partial charge in [0.1, 0.15) is 5.84 Å². The van der Waals surface area contributed by atoms with Crippen molar-refractivity contribution in [2.24, 2.45) is 11.7 Å².